The van der Waals surface area contributed by atoms with E-state index in [0.29, 0.717) is 11.6 Å². The number of hydrogen-bond acceptors (Lipinski definition) is 2. The molecule has 1 aromatic carbocycles. The first-order valence-corrected chi connectivity index (χ1v) is 7.39. The molecule has 1 amide bonds. The van der Waals surface area contributed by atoms with Gasteiger partial charge in [-0.05, 0) is 44.1 Å². The normalized spacial score (nSPS) is 17.5. The van der Waals surface area contributed by atoms with Gasteiger partial charge in [0.15, 0.2) is 0 Å². The van der Waals surface area contributed by atoms with Gasteiger partial charge in [-0.3, -0.25) is 9.69 Å². The summed E-state index contributed by atoms with van der Waals surface area (Å²) in [5.41, 5.74) is 0.768. The molecular formula is C15H21ClN2O. The number of anilines is 1. The predicted molar refractivity (Wildman–Crippen MR) is 79.6 cm³/mol. The molecule has 0 radical (unpaired) electrons. The second-order valence-corrected chi connectivity index (χ2v) is 5.54. The molecule has 0 unspecified atom stereocenters. The Kier molecular flexibility index (Phi) is 5.67. The Labute approximate surface area is 119 Å². The molecule has 1 saturated heterocycles. The van der Waals surface area contributed by atoms with Crippen LogP contribution in [0.25, 0.3) is 0 Å². The van der Waals surface area contributed by atoms with Crippen molar-refractivity contribution >= 4 is 23.2 Å². The van der Waals surface area contributed by atoms with Crippen LogP contribution in [0.15, 0.2) is 24.3 Å². The minimum atomic E-state index is 0.0443. The number of carbonyl (C=O) groups is 1. The number of amides is 1. The Morgan fingerprint density at radius 3 is 2.53 bits per heavy atom. The van der Waals surface area contributed by atoms with Crippen LogP contribution >= 0.6 is 11.6 Å². The number of nitrogens with zero attached hydrogens (tertiary/aromatic N) is 1. The van der Waals surface area contributed by atoms with Crippen LogP contribution in [0.5, 0.6) is 0 Å². The molecule has 4 heteroatoms. The Morgan fingerprint density at radius 2 is 1.84 bits per heavy atom. The van der Waals surface area contributed by atoms with E-state index in [1.807, 2.05) is 12.1 Å². The van der Waals surface area contributed by atoms with Crippen LogP contribution in [0.2, 0.25) is 5.02 Å². The summed E-state index contributed by atoms with van der Waals surface area (Å²) in [4.78, 5) is 14.2. The third-order valence-corrected chi connectivity index (χ3v) is 3.66. The van der Waals surface area contributed by atoms with Crippen LogP contribution in [0.4, 0.5) is 5.69 Å². The fraction of sp³-hybridized carbons (Fsp3) is 0.533. The Balaban J connectivity index is 1.82. The zero-order valence-electron chi connectivity index (χ0n) is 11.2. The van der Waals surface area contributed by atoms with Gasteiger partial charge in [0.1, 0.15) is 0 Å². The van der Waals surface area contributed by atoms with Crippen molar-refractivity contribution in [2.24, 2.45) is 0 Å². The standard InChI is InChI=1S/C15H21ClN2O/c16-13-7-6-8-14(11-13)17-15(19)12-18-9-4-2-1-3-5-10-18/h6-8,11H,1-5,9-10,12H2,(H,17,19). The third-order valence-electron chi connectivity index (χ3n) is 3.42. The zero-order valence-corrected chi connectivity index (χ0v) is 12.0. The number of likely N-dealkylation sites (tertiary alicyclic amines) is 1. The van der Waals surface area contributed by atoms with E-state index in [1.54, 1.807) is 12.1 Å². The fourth-order valence-corrected chi connectivity index (χ4v) is 2.63. The number of rotatable bonds is 3. The summed E-state index contributed by atoms with van der Waals surface area (Å²) in [6.45, 7) is 2.54. The summed E-state index contributed by atoms with van der Waals surface area (Å²) < 4.78 is 0. The highest BCUT2D eigenvalue weighted by molar-refractivity contribution is 6.30. The third kappa shape index (κ3) is 5.21. The molecule has 1 N–H and O–H groups in total. The van der Waals surface area contributed by atoms with Gasteiger partial charge in [-0.1, -0.05) is 36.9 Å². The number of carbonyl (C=O) groups excluding carboxylic acids is 1. The van der Waals surface area contributed by atoms with Gasteiger partial charge in [-0.25, -0.2) is 0 Å². The average Bonchev–Trinajstić information content (AvgIpc) is 2.32. The van der Waals surface area contributed by atoms with Crippen LogP contribution in [-0.4, -0.2) is 30.4 Å². The maximum atomic E-state index is 12.0. The first-order valence-electron chi connectivity index (χ1n) is 7.02. The van der Waals surface area contributed by atoms with Crippen molar-refractivity contribution in [3.8, 4) is 0 Å². The summed E-state index contributed by atoms with van der Waals surface area (Å²) in [7, 11) is 0. The largest absolute Gasteiger partial charge is 0.325 e. The first kappa shape index (κ1) is 14.4. The van der Waals surface area contributed by atoms with Crippen LogP contribution in [0.1, 0.15) is 32.1 Å². The van der Waals surface area contributed by atoms with E-state index in [4.69, 9.17) is 11.6 Å². The van der Waals surface area contributed by atoms with Crippen molar-refractivity contribution in [1.29, 1.82) is 0 Å². The predicted octanol–water partition coefficient (Wildman–Crippen LogP) is 3.54. The lowest BCUT2D eigenvalue weighted by molar-refractivity contribution is -0.117. The molecule has 1 aliphatic heterocycles. The maximum Gasteiger partial charge on any atom is 0.238 e. The molecule has 1 heterocycles. The highest BCUT2D eigenvalue weighted by Crippen LogP contribution is 2.15. The van der Waals surface area contributed by atoms with Crippen molar-refractivity contribution in [1.82, 2.24) is 4.90 Å². The summed E-state index contributed by atoms with van der Waals surface area (Å²) in [6, 6.07) is 7.27. The summed E-state index contributed by atoms with van der Waals surface area (Å²) in [5.74, 6) is 0.0443. The number of hydrogen-bond donors (Lipinski definition) is 1. The van der Waals surface area contributed by atoms with Crippen molar-refractivity contribution in [2.75, 3.05) is 25.0 Å². The molecule has 0 atom stereocenters. The smallest absolute Gasteiger partial charge is 0.238 e. The molecule has 3 nitrogen and oxygen atoms in total. The molecule has 0 aliphatic carbocycles. The van der Waals surface area contributed by atoms with Crippen LogP contribution in [-0.2, 0) is 4.79 Å². The molecule has 1 fully saturated rings. The van der Waals surface area contributed by atoms with E-state index in [0.717, 1.165) is 18.8 Å². The Bertz CT molecular complexity index is 414. The molecule has 0 aromatic heterocycles. The molecule has 104 valence electrons. The molecular weight excluding hydrogens is 260 g/mol. The van der Waals surface area contributed by atoms with Gasteiger partial charge in [0, 0.05) is 10.7 Å². The van der Waals surface area contributed by atoms with Gasteiger partial charge in [0.25, 0.3) is 0 Å². The van der Waals surface area contributed by atoms with Gasteiger partial charge in [-0.15, -0.1) is 0 Å². The molecule has 0 spiro atoms. The molecule has 2 rings (SSSR count). The quantitative estimate of drug-likeness (QED) is 0.918. The van der Waals surface area contributed by atoms with E-state index in [2.05, 4.69) is 10.2 Å². The summed E-state index contributed by atoms with van der Waals surface area (Å²) in [5, 5.41) is 3.54. The summed E-state index contributed by atoms with van der Waals surface area (Å²) in [6.07, 6.45) is 6.30. The fourth-order valence-electron chi connectivity index (χ4n) is 2.44. The first-order chi connectivity index (χ1) is 9.24. The van der Waals surface area contributed by atoms with E-state index in [-0.39, 0.29) is 5.91 Å². The average molecular weight is 281 g/mol. The minimum absolute atomic E-state index is 0.0443. The molecule has 0 saturated carbocycles. The molecule has 1 aromatic rings. The second kappa shape index (κ2) is 7.51. The number of benzene rings is 1. The minimum Gasteiger partial charge on any atom is -0.325 e. The van der Waals surface area contributed by atoms with Gasteiger partial charge in [0.2, 0.25) is 5.91 Å². The second-order valence-electron chi connectivity index (χ2n) is 5.10. The van der Waals surface area contributed by atoms with Crippen LogP contribution in [0, 0.1) is 0 Å². The van der Waals surface area contributed by atoms with Gasteiger partial charge in [0.05, 0.1) is 6.54 Å². The summed E-state index contributed by atoms with van der Waals surface area (Å²) >= 11 is 5.90. The Morgan fingerprint density at radius 1 is 1.16 bits per heavy atom. The van der Waals surface area contributed by atoms with Crippen molar-refractivity contribution < 1.29 is 4.79 Å². The monoisotopic (exact) mass is 280 g/mol. The van der Waals surface area contributed by atoms with E-state index < -0.39 is 0 Å². The van der Waals surface area contributed by atoms with Crippen LogP contribution < -0.4 is 5.32 Å². The highest BCUT2D eigenvalue weighted by atomic mass is 35.5. The lowest BCUT2D eigenvalue weighted by Crippen LogP contribution is -2.35. The molecule has 1 aliphatic rings. The van der Waals surface area contributed by atoms with E-state index in [9.17, 15) is 4.79 Å². The van der Waals surface area contributed by atoms with Gasteiger partial charge >= 0.3 is 0 Å². The highest BCUT2D eigenvalue weighted by Gasteiger charge is 2.12. The lowest BCUT2D eigenvalue weighted by Gasteiger charge is -2.23. The number of nitrogens with one attached hydrogen (secondary N) is 1. The SMILES string of the molecule is O=C(CN1CCCCCCC1)Nc1cccc(Cl)c1. The lowest BCUT2D eigenvalue weighted by atomic mass is 10.1. The van der Waals surface area contributed by atoms with E-state index in [1.165, 1.54) is 32.1 Å². The number of halogens is 1. The van der Waals surface area contributed by atoms with Crippen LogP contribution in [0.3, 0.4) is 0 Å². The van der Waals surface area contributed by atoms with E-state index >= 15 is 0 Å². The Hall–Kier alpha value is -1.06. The van der Waals surface area contributed by atoms with Crippen molar-refractivity contribution in [2.45, 2.75) is 32.1 Å². The topological polar surface area (TPSA) is 32.3 Å². The van der Waals surface area contributed by atoms with Crippen molar-refractivity contribution in [3.63, 3.8) is 0 Å². The van der Waals surface area contributed by atoms with Gasteiger partial charge in [-0.2, -0.15) is 0 Å². The molecule has 19 heavy (non-hydrogen) atoms. The maximum absolute atomic E-state index is 12.0. The van der Waals surface area contributed by atoms with Crippen molar-refractivity contribution in [3.05, 3.63) is 29.3 Å². The molecule has 0 bridgehead atoms. The zero-order chi connectivity index (χ0) is 13.5. The van der Waals surface area contributed by atoms with Gasteiger partial charge < -0.3 is 5.32 Å².